The molecule has 0 spiro atoms. The molecule has 3 heterocycles. The van der Waals surface area contributed by atoms with Crippen LogP contribution in [0.1, 0.15) is 15.9 Å². The maximum atomic E-state index is 14.0. The molecule has 0 saturated carbocycles. The van der Waals surface area contributed by atoms with Gasteiger partial charge in [0.2, 0.25) is 11.8 Å². The van der Waals surface area contributed by atoms with Crippen LogP contribution in [0.4, 0.5) is 15.8 Å². The summed E-state index contributed by atoms with van der Waals surface area (Å²) in [6.45, 7) is 0. The molecule has 35 heavy (non-hydrogen) atoms. The third kappa shape index (κ3) is 3.11. The van der Waals surface area contributed by atoms with Gasteiger partial charge in [0.15, 0.2) is 5.78 Å². The van der Waals surface area contributed by atoms with Crippen LogP contribution in [0.3, 0.4) is 0 Å². The molecule has 3 aliphatic rings. The van der Waals surface area contributed by atoms with Crippen LogP contribution in [-0.4, -0.2) is 36.8 Å². The zero-order valence-electron chi connectivity index (χ0n) is 18.8. The predicted octanol–water partition coefficient (Wildman–Crippen LogP) is 4.11. The van der Waals surface area contributed by atoms with Crippen molar-refractivity contribution in [2.75, 3.05) is 16.9 Å². The molecule has 2 amide bonds. The highest BCUT2D eigenvalue weighted by Crippen LogP contribution is 2.49. The Hall–Kier alpha value is -4.26. The molecule has 3 aromatic rings. The summed E-state index contributed by atoms with van der Waals surface area (Å²) >= 11 is 0. The number of ether oxygens (including phenoxy) is 1. The first kappa shape index (κ1) is 21.3. The Kier molecular flexibility index (Phi) is 4.81. The molecule has 3 aliphatic heterocycles. The van der Waals surface area contributed by atoms with Crippen LogP contribution in [0.15, 0.2) is 78.9 Å². The van der Waals surface area contributed by atoms with Crippen molar-refractivity contribution in [1.29, 1.82) is 0 Å². The number of methoxy groups -OCH3 is 1. The molecule has 7 heteroatoms. The van der Waals surface area contributed by atoms with Gasteiger partial charge in [0.05, 0.1) is 30.7 Å². The highest BCUT2D eigenvalue weighted by atomic mass is 19.1. The van der Waals surface area contributed by atoms with E-state index in [0.717, 1.165) is 16.2 Å². The van der Waals surface area contributed by atoms with Gasteiger partial charge in [-0.2, -0.15) is 0 Å². The number of hydrogen-bond acceptors (Lipinski definition) is 5. The Morgan fingerprint density at radius 3 is 2.29 bits per heavy atom. The number of nitrogens with zero attached hydrogens (tertiary/aromatic N) is 2. The van der Waals surface area contributed by atoms with Gasteiger partial charge in [0.25, 0.3) is 0 Å². The lowest BCUT2D eigenvalue weighted by atomic mass is 9.86. The number of ketones is 1. The van der Waals surface area contributed by atoms with Crippen LogP contribution in [0.5, 0.6) is 5.75 Å². The lowest BCUT2D eigenvalue weighted by Crippen LogP contribution is -2.48. The minimum Gasteiger partial charge on any atom is -0.497 e. The van der Waals surface area contributed by atoms with Crippen molar-refractivity contribution in [3.63, 3.8) is 0 Å². The molecule has 4 unspecified atom stereocenters. The van der Waals surface area contributed by atoms with Crippen LogP contribution in [0, 0.1) is 17.7 Å². The fourth-order valence-corrected chi connectivity index (χ4v) is 5.58. The normalized spacial score (nSPS) is 24.3. The second kappa shape index (κ2) is 7.91. The minimum absolute atomic E-state index is 0.239. The molecule has 2 saturated heterocycles. The van der Waals surface area contributed by atoms with E-state index in [1.54, 1.807) is 31.4 Å². The highest BCUT2D eigenvalue weighted by Gasteiger charge is 2.64. The third-order valence-corrected chi connectivity index (χ3v) is 7.14. The van der Waals surface area contributed by atoms with Crippen molar-refractivity contribution >= 4 is 35.0 Å². The van der Waals surface area contributed by atoms with E-state index < -0.39 is 35.6 Å². The molecule has 3 aromatic carbocycles. The lowest BCUT2D eigenvalue weighted by molar-refractivity contribution is -0.122. The van der Waals surface area contributed by atoms with Crippen molar-refractivity contribution in [1.82, 2.24) is 0 Å². The van der Waals surface area contributed by atoms with Crippen LogP contribution in [0.2, 0.25) is 0 Å². The van der Waals surface area contributed by atoms with Crippen LogP contribution >= 0.6 is 0 Å². The first-order valence-electron chi connectivity index (χ1n) is 11.4. The van der Waals surface area contributed by atoms with Gasteiger partial charge < -0.3 is 9.64 Å². The van der Waals surface area contributed by atoms with E-state index in [1.807, 2.05) is 41.3 Å². The number of para-hydroxylation sites is 1. The van der Waals surface area contributed by atoms with E-state index in [1.165, 1.54) is 24.3 Å². The van der Waals surface area contributed by atoms with Crippen LogP contribution in [0.25, 0.3) is 6.08 Å². The van der Waals surface area contributed by atoms with Gasteiger partial charge in [0.1, 0.15) is 17.6 Å². The Labute approximate surface area is 201 Å². The van der Waals surface area contributed by atoms with Gasteiger partial charge in [0, 0.05) is 11.3 Å². The Bertz CT molecular complexity index is 1380. The lowest BCUT2D eigenvalue weighted by Gasteiger charge is -2.36. The summed E-state index contributed by atoms with van der Waals surface area (Å²) in [6.07, 6.45) is 3.84. The zero-order chi connectivity index (χ0) is 24.3. The number of hydrogen-bond donors (Lipinski definition) is 0. The summed E-state index contributed by atoms with van der Waals surface area (Å²) in [4.78, 5) is 44.4. The van der Waals surface area contributed by atoms with E-state index in [4.69, 9.17) is 4.74 Å². The summed E-state index contributed by atoms with van der Waals surface area (Å²) in [7, 11) is 1.55. The number of benzene rings is 3. The monoisotopic (exact) mass is 468 g/mol. The molecule has 0 aliphatic carbocycles. The van der Waals surface area contributed by atoms with Crippen molar-refractivity contribution < 1.29 is 23.5 Å². The van der Waals surface area contributed by atoms with Crippen LogP contribution < -0.4 is 14.5 Å². The molecular formula is C28H21FN2O4. The Morgan fingerprint density at radius 2 is 1.57 bits per heavy atom. The molecule has 6 nitrogen and oxygen atoms in total. The molecule has 174 valence electrons. The van der Waals surface area contributed by atoms with Gasteiger partial charge in [-0.1, -0.05) is 30.4 Å². The van der Waals surface area contributed by atoms with Crippen molar-refractivity contribution in [2.45, 2.75) is 12.1 Å². The van der Waals surface area contributed by atoms with Crippen LogP contribution in [-0.2, 0) is 9.59 Å². The van der Waals surface area contributed by atoms with E-state index in [2.05, 4.69) is 0 Å². The largest absolute Gasteiger partial charge is 0.497 e. The van der Waals surface area contributed by atoms with E-state index in [0.29, 0.717) is 17.0 Å². The number of carbonyl (C=O) groups excluding carboxylic acids is 3. The first-order valence-corrected chi connectivity index (χ1v) is 11.4. The average Bonchev–Trinajstić information content (AvgIpc) is 3.37. The molecule has 0 bridgehead atoms. The predicted molar refractivity (Wildman–Crippen MR) is 129 cm³/mol. The number of amides is 2. The molecule has 6 rings (SSSR count). The van der Waals surface area contributed by atoms with Gasteiger partial charge in [-0.25, -0.2) is 9.29 Å². The van der Waals surface area contributed by atoms with E-state index >= 15 is 0 Å². The fraction of sp³-hybridized carbons (Fsp3) is 0.179. The summed E-state index contributed by atoms with van der Waals surface area (Å²) < 4.78 is 18.7. The maximum absolute atomic E-state index is 14.0. The summed E-state index contributed by atoms with van der Waals surface area (Å²) in [6, 6.07) is 18.3. The summed E-state index contributed by atoms with van der Waals surface area (Å²) in [5.41, 5.74) is 2.47. The quantitative estimate of drug-likeness (QED) is 0.426. The second-order valence-corrected chi connectivity index (χ2v) is 8.89. The van der Waals surface area contributed by atoms with Crippen molar-refractivity contribution in [3.05, 3.63) is 95.8 Å². The van der Waals surface area contributed by atoms with Gasteiger partial charge in [-0.3, -0.25) is 14.4 Å². The average molecular weight is 468 g/mol. The summed E-state index contributed by atoms with van der Waals surface area (Å²) in [5, 5.41) is 0. The van der Waals surface area contributed by atoms with Crippen molar-refractivity contribution in [2.24, 2.45) is 11.8 Å². The molecule has 4 atom stereocenters. The number of fused-ring (bicyclic) bond motifs is 5. The number of carbonyl (C=O) groups is 3. The maximum Gasteiger partial charge on any atom is 0.240 e. The minimum atomic E-state index is -0.872. The van der Waals surface area contributed by atoms with E-state index in [9.17, 15) is 18.8 Å². The fourth-order valence-electron chi connectivity index (χ4n) is 5.58. The standard InChI is InChI=1S/C28H21FN2O4/c1-35-20-13-6-17(7-14-20)26(32)25-24-23(22-15-8-16-4-2-3-5-21(16)31(22)25)27(33)30(28(24)34)19-11-9-18(29)10-12-19/h2-15,22-25H,1H3. The van der Waals surface area contributed by atoms with Gasteiger partial charge in [-0.05, 0) is 60.2 Å². The molecule has 0 aromatic heterocycles. The Morgan fingerprint density at radius 1 is 0.886 bits per heavy atom. The number of anilines is 2. The molecule has 2 fully saturated rings. The molecule has 0 N–H and O–H groups in total. The molecule has 0 radical (unpaired) electrons. The summed E-state index contributed by atoms with van der Waals surface area (Å²) in [5.74, 6) is -2.51. The van der Waals surface area contributed by atoms with Gasteiger partial charge in [-0.15, -0.1) is 0 Å². The number of imide groups is 1. The third-order valence-electron chi connectivity index (χ3n) is 7.14. The topological polar surface area (TPSA) is 66.9 Å². The highest BCUT2D eigenvalue weighted by molar-refractivity contribution is 6.25. The molecular weight excluding hydrogens is 447 g/mol. The SMILES string of the molecule is COc1ccc(C(=O)C2C3C(=O)N(c4ccc(F)cc4)C(=O)C3C3C=Cc4ccccc4N32)cc1. The second-order valence-electron chi connectivity index (χ2n) is 8.89. The Balaban J connectivity index is 1.47. The van der Waals surface area contributed by atoms with Crippen molar-refractivity contribution in [3.8, 4) is 5.75 Å². The number of halogens is 1. The number of rotatable bonds is 4. The van der Waals surface area contributed by atoms with E-state index in [-0.39, 0.29) is 11.7 Å². The van der Waals surface area contributed by atoms with Gasteiger partial charge >= 0.3 is 0 Å². The first-order chi connectivity index (χ1) is 17.0. The smallest absolute Gasteiger partial charge is 0.240 e. The number of Topliss-reactive ketones (excluding diaryl/α,β-unsaturated/α-hetero) is 1. The zero-order valence-corrected chi connectivity index (χ0v) is 18.8.